The van der Waals surface area contributed by atoms with E-state index >= 15 is 0 Å². The summed E-state index contributed by atoms with van der Waals surface area (Å²) in [6, 6.07) is 4.55. The van der Waals surface area contributed by atoms with Gasteiger partial charge in [-0.1, -0.05) is 11.6 Å². The Morgan fingerprint density at radius 2 is 2.25 bits per heavy atom. The molecule has 0 aliphatic carbocycles. The zero-order valence-corrected chi connectivity index (χ0v) is 12.4. The summed E-state index contributed by atoms with van der Waals surface area (Å²) in [7, 11) is -4.00. The first-order chi connectivity index (χ1) is 9.37. The highest BCUT2D eigenvalue weighted by molar-refractivity contribution is 8.00. The third-order valence-electron chi connectivity index (χ3n) is 2.77. The van der Waals surface area contributed by atoms with E-state index in [0.29, 0.717) is 0 Å². The molecule has 20 heavy (non-hydrogen) atoms. The van der Waals surface area contributed by atoms with Gasteiger partial charge in [-0.2, -0.15) is 9.57 Å². The van der Waals surface area contributed by atoms with E-state index in [1.165, 1.54) is 30.0 Å². The zero-order chi connectivity index (χ0) is 14.9. The second kappa shape index (κ2) is 5.61. The summed E-state index contributed by atoms with van der Waals surface area (Å²) in [5.41, 5.74) is 0.236. The minimum Gasteiger partial charge on any atom is -0.480 e. The molecular weight excluding hydrogens is 324 g/mol. The number of carboxylic acid groups (broad SMARTS) is 1. The lowest BCUT2D eigenvalue weighted by molar-refractivity contribution is -0.140. The van der Waals surface area contributed by atoms with Crippen LogP contribution >= 0.6 is 23.4 Å². The second-order valence-corrected chi connectivity index (χ2v) is 7.27. The molecule has 9 heteroatoms. The number of carboxylic acids is 1. The van der Waals surface area contributed by atoms with Crippen molar-refractivity contribution in [3.8, 4) is 6.07 Å². The second-order valence-electron chi connectivity index (χ2n) is 4.00. The minimum absolute atomic E-state index is 0.0651. The van der Waals surface area contributed by atoms with E-state index in [2.05, 4.69) is 0 Å². The number of hydrogen-bond donors (Lipinski definition) is 1. The largest absolute Gasteiger partial charge is 0.480 e. The maximum absolute atomic E-state index is 12.5. The maximum atomic E-state index is 12.5. The van der Waals surface area contributed by atoms with Crippen molar-refractivity contribution >= 4 is 39.4 Å². The van der Waals surface area contributed by atoms with Crippen molar-refractivity contribution in [3.63, 3.8) is 0 Å². The van der Waals surface area contributed by atoms with Crippen LogP contribution in [0.1, 0.15) is 5.56 Å². The number of thioether (sulfide) groups is 1. The van der Waals surface area contributed by atoms with E-state index in [9.17, 15) is 13.2 Å². The van der Waals surface area contributed by atoms with Crippen LogP contribution in [-0.4, -0.2) is 41.5 Å². The number of hydrogen-bond acceptors (Lipinski definition) is 5. The molecule has 1 aliphatic heterocycles. The van der Waals surface area contributed by atoms with E-state index in [-0.39, 0.29) is 27.1 Å². The molecule has 1 unspecified atom stereocenters. The molecule has 0 radical (unpaired) electrons. The summed E-state index contributed by atoms with van der Waals surface area (Å²) in [5.74, 6) is -0.929. The third kappa shape index (κ3) is 2.62. The average Bonchev–Trinajstić information content (AvgIpc) is 2.88. The van der Waals surface area contributed by atoms with Crippen molar-refractivity contribution in [2.75, 3.05) is 11.6 Å². The van der Waals surface area contributed by atoms with Gasteiger partial charge in [-0.05, 0) is 18.2 Å². The summed E-state index contributed by atoms with van der Waals surface area (Å²) in [5, 5.41) is 17.7. The molecule has 2 rings (SSSR count). The normalized spacial score (nSPS) is 19.7. The number of aliphatic carboxylic acids is 1. The molecule has 6 nitrogen and oxygen atoms in total. The average molecular weight is 333 g/mol. The van der Waals surface area contributed by atoms with Gasteiger partial charge in [-0.3, -0.25) is 4.79 Å². The standard InChI is InChI=1S/C11H9ClN2O4S2/c12-8-3-7(4-13)1-2-10(8)20(17,18)14-6-19-5-9(14)11(15)16/h1-3,9H,5-6H2,(H,15,16). The summed E-state index contributed by atoms with van der Waals surface area (Å²) in [6.45, 7) is 0. The lowest BCUT2D eigenvalue weighted by atomic mass is 10.2. The van der Waals surface area contributed by atoms with Crippen LogP contribution in [0.25, 0.3) is 0 Å². The third-order valence-corrected chi connectivity index (χ3v) is 6.29. The van der Waals surface area contributed by atoms with E-state index in [4.69, 9.17) is 22.0 Å². The first kappa shape index (κ1) is 15.1. The lowest BCUT2D eigenvalue weighted by Crippen LogP contribution is -2.41. The van der Waals surface area contributed by atoms with Crippen LogP contribution in [0.4, 0.5) is 0 Å². The Kier molecular flexibility index (Phi) is 4.25. The van der Waals surface area contributed by atoms with Gasteiger partial charge < -0.3 is 5.11 Å². The van der Waals surface area contributed by atoms with Gasteiger partial charge in [0.05, 0.1) is 22.5 Å². The molecule has 1 aromatic carbocycles. The molecule has 0 amide bonds. The van der Waals surface area contributed by atoms with Crippen molar-refractivity contribution in [3.05, 3.63) is 28.8 Å². The van der Waals surface area contributed by atoms with Crippen molar-refractivity contribution in [1.29, 1.82) is 5.26 Å². The number of carbonyl (C=O) groups is 1. The first-order valence-corrected chi connectivity index (χ1v) is 8.37. The number of benzene rings is 1. The Morgan fingerprint density at radius 3 is 2.80 bits per heavy atom. The molecule has 1 atom stereocenters. The van der Waals surface area contributed by atoms with Gasteiger partial charge in [0.1, 0.15) is 10.9 Å². The number of nitrogens with zero attached hydrogens (tertiary/aromatic N) is 2. The van der Waals surface area contributed by atoms with E-state index in [0.717, 1.165) is 4.31 Å². The molecular formula is C11H9ClN2O4S2. The monoisotopic (exact) mass is 332 g/mol. The van der Waals surface area contributed by atoms with Crippen molar-refractivity contribution in [2.24, 2.45) is 0 Å². The van der Waals surface area contributed by atoms with Gasteiger partial charge in [0.25, 0.3) is 0 Å². The minimum atomic E-state index is -4.00. The highest BCUT2D eigenvalue weighted by Crippen LogP contribution is 2.32. The number of nitriles is 1. The van der Waals surface area contributed by atoms with Gasteiger partial charge in [-0.25, -0.2) is 8.42 Å². The number of rotatable bonds is 3. The van der Waals surface area contributed by atoms with Gasteiger partial charge in [0, 0.05) is 5.75 Å². The Labute approximate surface area is 125 Å². The molecule has 1 saturated heterocycles. The summed E-state index contributed by atoms with van der Waals surface area (Å²) in [6.07, 6.45) is 0. The first-order valence-electron chi connectivity index (χ1n) is 5.40. The van der Waals surface area contributed by atoms with Gasteiger partial charge in [-0.15, -0.1) is 11.8 Å². The Bertz CT molecular complexity index is 699. The quantitative estimate of drug-likeness (QED) is 0.897. The fraction of sp³-hybridized carbons (Fsp3) is 0.273. The van der Waals surface area contributed by atoms with Crippen molar-refractivity contribution in [2.45, 2.75) is 10.9 Å². The molecule has 1 aromatic rings. The predicted octanol–water partition coefficient (Wildman–Crippen LogP) is 1.36. The van der Waals surface area contributed by atoms with E-state index < -0.39 is 22.0 Å². The van der Waals surface area contributed by atoms with Gasteiger partial charge >= 0.3 is 5.97 Å². The molecule has 0 saturated carbocycles. The van der Waals surface area contributed by atoms with Gasteiger partial charge in [0.2, 0.25) is 10.0 Å². The molecule has 1 aliphatic rings. The molecule has 1 N–H and O–H groups in total. The van der Waals surface area contributed by atoms with E-state index in [1.807, 2.05) is 6.07 Å². The smallest absolute Gasteiger partial charge is 0.322 e. The van der Waals surface area contributed by atoms with Crippen LogP contribution in [0, 0.1) is 11.3 Å². The molecule has 1 heterocycles. The van der Waals surface area contributed by atoms with Crippen LogP contribution in [0.5, 0.6) is 0 Å². The summed E-state index contributed by atoms with van der Waals surface area (Å²) < 4.78 is 25.8. The van der Waals surface area contributed by atoms with Crippen LogP contribution < -0.4 is 0 Å². The number of sulfonamides is 1. The molecule has 0 spiro atoms. The Morgan fingerprint density at radius 1 is 1.55 bits per heavy atom. The summed E-state index contributed by atoms with van der Waals surface area (Å²) in [4.78, 5) is 10.9. The maximum Gasteiger partial charge on any atom is 0.322 e. The topological polar surface area (TPSA) is 98.5 Å². The van der Waals surface area contributed by atoms with Crippen LogP contribution in [0.2, 0.25) is 5.02 Å². The fourth-order valence-corrected chi connectivity index (χ4v) is 5.42. The predicted molar refractivity (Wildman–Crippen MR) is 73.9 cm³/mol. The number of halogens is 1. The highest BCUT2D eigenvalue weighted by Gasteiger charge is 2.40. The van der Waals surface area contributed by atoms with Crippen LogP contribution in [-0.2, 0) is 14.8 Å². The van der Waals surface area contributed by atoms with E-state index in [1.54, 1.807) is 0 Å². The Hall–Kier alpha value is -1.27. The Balaban J connectivity index is 2.46. The molecule has 0 aromatic heterocycles. The van der Waals surface area contributed by atoms with Crippen molar-refractivity contribution in [1.82, 2.24) is 4.31 Å². The fourth-order valence-electron chi connectivity index (χ4n) is 1.76. The van der Waals surface area contributed by atoms with Crippen molar-refractivity contribution < 1.29 is 18.3 Å². The van der Waals surface area contributed by atoms with Crippen LogP contribution in [0.3, 0.4) is 0 Å². The SMILES string of the molecule is N#Cc1ccc(S(=O)(=O)N2CSCC2C(=O)O)c(Cl)c1. The lowest BCUT2D eigenvalue weighted by Gasteiger charge is -2.20. The summed E-state index contributed by atoms with van der Waals surface area (Å²) >= 11 is 7.11. The molecule has 106 valence electrons. The zero-order valence-electron chi connectivity index (χ0n) is 9.98. The van der Waals surface area contributed by atoms with Gasteiger partial charge in [0.15, 0.2) is 0 Å². The van der Waals surface area contributed by atoms with Crippen LogP contribution in [0.15, 0.2) is 23.1 Å². The highest BCUT2D eigenvalue weighted by atomic mass is 35.5. The molecule has 1 fully saturated rings. The molecule has 0 bridgehead atoms.